The summed E-state index contributed by atoms with van der Waals surface area (Å²) in [6.45, 7) is 7.58. The van der Waals surface area contributed by atoms with Gasteiger partial charge in [0, 0.05) is 50.0 Å². The van der Waals surface area contributed by atoms with Crippen LogP contribution in [-0.4, -0.2) is 78.0 Å². The number of ether oxygens (including phenoxy) is 1. The Morgan fingerprint density at radius 2 is 1.79 bits per heavy atom. The highest BCUT2D eigenvalue weighted by Gasteiger charge is 2.39. The number of hydrogen-bond donors (Lipinski definition) is 1. The van der Waals surface area contributed by atoms with Crippen molar-refractivity contribution in [1.82, 2.24) is 20.0 Å². The molecular formula is C28H32F2N4O4. The van der Waals surface area contributed by atoms with E-state index >= 15 is 0 Å². The van der Waals surface area contributed by atoms with Crippen LogP contribution in [-0.2, 0) is 9.53 Å². The minimum Gasteiger partial charge on any atom is -0.463 e. The molecule has 10 heteroatoms. The molecule has 0 saturated carbocycles. The molecule has 2 aliphatic rings. The molecule has 202 valence electrons. The zero-order chi connectivity index (χ0) is 27.4. The van der Waals surface area contributed by atoms with Crippen LogP contribution in [0.1, 0.15) is 42.7 Å². The molecular weight excluding hydrogens is 494 g/mol. The van der Waals surface area contributed by atoms with Gasteiger partial charge in [0.2, 0.25) is 0 Å². The topological polar surface area (TPSA) is 82.2 Å². The third-order valence-corrected chi connectivity index (χ3v) is 6.87. The van der Waals surface area contributed by atoms with Crippen molar-refractivity contribution in [3.63, 3.8) is 0 Å². The molecule has 0 bridgehead atoms. The number of esters is 1. The van der Waals surface area contributed by atoms with Gasteiger partial charge in [0.25, 0.3) is 5.91 Å². The van der Waals surface area contributed by atoms with Crippen molar-refractivity contribution in [1.29, 1.82) is 0 Å². The first-order valence-electron chi connectivity index (χ1n) is 12.8. The quantitative estimate of drug-likeness (QED) is 0.557. The van der Waals surface area contributed by atoms with E-state index in [1.165, 1.54) is 47.4 Å². The predicted molar refractivity (Wildman–Crippen MR) is 137 cm³/mol. The average molecular weight is 527 g/mol. The minimum absolute atomic E-state index is 0.156. The van der Waals surface area contributed by atoms with Crippen molar-refractivity contribution in [3.8, 4) is 0 Å². The zero-order valence-corrected chi connectivity index (χ0v) is 21.7. The van der Waals surface area contributed by atoms with Gasteiger partial charge in [-0.1, -0.05) is 18.2 Å². The van der Waals surface area contributed by atoms with Crippen molar-refractivity contribution >= 4 is 17.9 Å². The van der Waals surface area contributed by atoms with Gasteiger partial charge < -0.3 is 15.0 Å². The summed E-state index contributed by atoms with van der Waals surface area (Å²) in [7, 11) is 0. The molecule has 2 aromatic carbocycles. The second-order valence-corrected chi connectivity index (χ2v) is 9.35. The number of carbonyl (C=O) groups excluding carboxylic acids is 3. The Labute approximate surface area is 220 Å². The van der Waals surface area contributed by atoms with E-state index in [2.05, 4.69) is 10.2 Å². The number of benzene rings is 2. The fourth-order valence-electron chi connectivity index (χ4n) is 5.04. The molecule has 3 amide bonds. The summed E-state index contributed by atoms with van der Waals surface area (Å²) in [5, 5.41) is 2.87. The molecule has 2 atom stereocenters. The van der Waals surface area contributed by atoms with E-state index < -0.39 is 23.6 Å². The Morgan fingerprint density at radius 3 is 2.42 bits per heavy atom. The number of amides is 3. The van der Waals surface area contributed by atoms with Gasteiger partial charge in [0.1, 0.15) is 11.6 Å². The van der Waals surface area contributed by atoms with Crippen molar-refractivity contribution in [2.24, 2.45) is 0 Å². The second kappa shape index (κ2) is 11.7. The smallest absolute Gasteiger partial charge is 0.338 e. The van der Waals surface area contributed by atoms with Gasteiger partial charge in [-0.2, -0.15) is 0 Å². The van der Waals surface area contributed by atoms with E-state index in [0.29, 0.717) is 48.6 Å². The van der Waals surface area contributed by atoms with Crippen molar-refractivity contribution in [3.05, 3.63) is 82.6 Å². The van der Waals surface area contributed by atoms with Crippen molar-refractivity contribution in [2.75, 3.05) is 39.3 Å². The molecule has 0 aliphatic carbocycles. The normalized spacial score (nSPS) is 20.4. The van der Waals surface area contributed by atoms with E-state index in [9.17, 15) is 23.2 Å². The molecule has 0 radical (unpaired) electrons. The molecule has 4 rings (SSSR count). The van der Waals surface area contributed by atoms with E-state index in [-0.39, 0.29) is 31.1 Å². The zero-order valence-electron chi connectivity index (χ0n) is 21.7. The van der Waals surface area contributed by atoms with Gasteiger partial charge in [-0.25, -0.2) is 18.4 Å². The van der Waals surface area contributed by atoms with Crippen molar-refractivity contribution < 1.29 is 27.9 Å². The number of likely N-dealkylation sites (N-methyl/N-ethyl adjacent to an activating group) is 1. The molecule has 1 N–H and O–H groups in total. The van der Waals surface area contributed by atoms with Gasteiger partial charge in [0.05, 0.1) is 18.2 Å². The third-order valence-electron chi connectivity index (χ3n) is 6.87. The number of rotatable bonds is 7. The van der Waals surface area contributed by atoms with Gasteiger partial charge in [-0.05, 0) is 56.7 Å². The largest absolute Gasteiger partial charge is 0.463 e. The first-order chi connectivity index (χ1) is 18.2. The van der Waals surface area contributed by atoms with Gasteiger partial charge >= 0.3 is 12.0 Å². The van der Waals surface area contributed by atoms with Crippen LogP contribution in [0.15, 0.2) is 59.8 Å². The van der Waals surface area contributed by atoms with Crippen LogP contribution >= 0.6 is 0 Å². The van der Waals surface area contributed by atoms with Gasteiger partial charge in [-0.15, -0.1) is 0 Å². The van der Waals surface area contributed by atoms with E-state index in [0.717, 1.165) is 0 Å². The summed E-state index contributed by atoms with van der Waals surface area (Å²) in [6, 6.07) is 9.93. The predicted octanol–water partition coefficient (Wildman–Crippen LogP) is 3.71. The SMILES string of the molecule is CCOC(=O)C1=C(CN2CCN(C(=O)c3cccc(F)c3)[C@H](C)C2)N(CC)C(=O)N[C@H]1c1ccc(F)cc1. The maximum Gasteiger partial charge on any atom is 0.338 e. The average Bonchev–Trinajstić information content (AvgIpc) is 2.89. The molecule has 8 nitrogen and oxygen atoms in total. The van der Waals surface area contributed by atoms with Crippen LogP contribution in [0, 0.1) is 11.6 Å². The monoisotopic (exact) mass is 526 g/mol. The summed E-state index contributed by atoms with van der Waals surface area (Å²) in [6.07, 6.45) is 0. The van der Waals surface area contributed by atoms with Crippen molar-refractivity contribution in [2.45, 2.75) is 32.9 Å². The Balaban J connectivity index is 1.62. The number of carbonyl (C=O) groups is 3. The van der Waals surface area contributed by atoms with Gasteiger partial charge in [0.15, 0.2) is 0 Å². The van der Waals surface area contributed by atoms with Crippen LogP contribution in [0.3, 0.4) is 0 Å². The molecule has 0 spiro atoms. The lowest BCUT2D eigenvalue weighted by atomic mass is 9.94. The summed E-state index contributed by atoms with van der Waals surface area (Å²) < 4.78 is 32.7. The fourth-order valence-corrected chi connectivity index (χ4v) is 5.04. The molecule has 1 saturated heterocycles. The van der Waals surface area contributed by atoms with Gasteiger partial charge in [-0.3, -0.25) is 14.6 Å². The van der Waals surface area contributed by atoms with Crippen LogP contribution in [0.4, 0.5) is 13.6 Å². The molecule has 0 unspecified atom stereocenters. The number of nitrogens with one attached hydrogen (secondary N) is 1. The number of urea groups is 1. The number of halogens is 2. The second-order valence-electron chi connectivity index (χ2n) is 9.35. The number of nitrogens with zero attached hydrogens (tertiary/aromatic N) is 3. The van der Waals surface area contributed by atoms with Crippen LogP contribution in [0.5, 0.6) is 0 Å². The Bertz CT molecular complexity index is 1230. The molecule has 0 aromatic heterocycles. The first-order valence-corrected chi connectivity index (χ1v) is 12.8. The Hall–Kier alpha value is -3.79. The lowest BCUT2D eigenvalue weighted by Gasteiger charge is -2.43. The fraction of sp³-hybridized carbons (Fsp3) is 0.393. The lowest BCUT2D eigenvalue weighted by molar-refractivity contribution is -0.139. The minimum atomic E-state index is -0.798. The maximum absolute atomic E-state index is 13.7. The number of hydrogen-bond acceptors (Lipinski definition) is 5. The molecule has 2 aliphatic heterocycles. The standard InChI is InChI=1S/C28H32F2N4O4/c1-4-33-23(17-32-13-14-34(18(3)16-32)26(35)20-7-6-8-22(30)15-20)24(27(36)38-5-2)25(31-28(33)37)19-9-11-21(29)12-10-19/h6-12,15,18,25H,4-5,13-14,16-17H2,1-3H3,(H,31,37)/t18-,25+/m1/s1. The summed E-state index contributed by atoms with van der Waals surface area (Å²) in [5.41, 5.74) is 1.67. The summed E-state index contributed by atoms with van der Waals surface area (Å²) in [4.78, 5) is 44.6. The van der Waals surface area contributed by atoms with Crippen LogP contribution < -0.4 is 5.32 Å². The van der Waals surface area contributed by atoms with E-state index in [1.807, 2.05) is 13.8 Å². The van der Waals surface area contributed by atoms with E-state index in [1.54, 1.807) is 17.9 Å². The van der Waals surface area contributed by atoms with E-state index in [4.69, 9.17) is 4.74 Å². The van der Waals surface area contributed by atoms with Crippen LogP contribution in [0.25, 0.3) is 0 Å². The molecule has 38 heavy (non-hydrogen) atoms. The van der Waals surface area contributed by atoms with Crippen LogP contribution in [0.2, 0.25) is 0 Å². The lowest BCUT2D eigenvalue weighted by Crippen LogP contribution is -2.56. The Kier molecular flexibility index (Phi) is 8.41. The maximum atomic E-state index is 13.7. The number of piperazine rings is 1. The molecule has 1 fully saturated rings. The molecule has 2 heterocycles. The highest BCUT2D eigenvalue weighted by molar-refractivity contribution is 5.95. The summed E-state index contributed by atoms with van der Waals surface area (Å²) in [5.74, 6) is -1.69. The first kappa shape index (κ1) is 27.3. The summed E-state index contributed by atoms with van der Waals surface area (Å²) >= 11 is 0. The highest BCUT2D eigenvalue weighted by Crippen LogP contribution is 2.32. The Morgan fingerprint density at radius 1 is 1.05 bits per heavy atom. The highest BCUT2D eigenvalue weighted by atomic mass is 19.1. The third kappa shape index (κ3) is 5.70. The molecule has 2 aromatic rings.